The molecule has 110 valence electrons. The highest BCUT2D eigenvalue weighted by molar-refractivity contribution is 5.91. The van der Waals surface area contributed by atoms with E-state index in [0.29, 0.717) is 12.4 Å². The van der Waals surface area contributed by atoms with Crippen LogP contribution in [0.25, 0.3) is 11.5 Å². The molecule has 4 heteroatoms. The van der Waals surface area contributed by atoms with Crippen molar-refractivity contribution in [3.05, 3.63) is 77.7 Å². The number of benzene rings is 2. The molecule has 1 heterocycles. The highest BCUT2D eigenvalue weighted by atomic mass is 16.4. The Morgan fingerprint density at radius 1 is 1.09 bits per heavy atom. The van der Waals surface area contributed by atoms with Crippen LogP contribution < -0.4 is 5.32 Å². The zero-order valence-corrected chi connectivity index (χ0v) is 12.2. The second kappa shape index (κ2) is 6.26. The minimum atomic E-state index is -0.268. The molecule has 0 radical (unpaired) electrons. The van der Waals surface area contributed by atoms with Gasteiger partial charge in [-0.25, -0.2) is 4.98 Å². The molecule has 0 unspecified atom stereocenters. The molecule has 0 bridgehead atoms. The standard InChI is InChI=1S/C18H16N2O2/c1-13-7-9-14(10-8-13)11-19-17(21)16-12-20-18(22-16)15-5-3-2-4-6-15/h2-10,12H,11H2,1H3,(H,19,21). The van der Waals surface area contributed by atoms with Crippen LogP contribution in [0.15, 0.2) is 65.2 Å². The molecule has 1 N–H and O–H groups in total. The van der Waals surface area contributed by atoms with Gasteiger partial charge in [0.2, 0.25) is 11.7 Å². The minimum absolute atomic E-state index is 0.214. The Kier molecular flexibility index (Phi) is 4.01. The molecule has 1 amide bonds. The Balaban J connectivity index is 1.66. The monoisotopic (exact) mass is 292 g/mol. The van der Waals surface area contributed by atoms with Gasteiger partial charge in [-0.2, -0.15) is 0 Å². The number of aryl methyl sites for hydroxylation is 1. The summed E-state index contributed by atoms with van der Waals surface area (Å²) >= 11 is 0. The van der Waals surface area contributed by atoms with Gasteiger partial charge in [-0.15, -0.1) is 0 Å². The lowest BCUT2D eigenvalue weighted by Gasteiger charge is -2.03. The first-order valence-electron chi connectivity index (χ1n) is 7.07. The molecule has 22 heavy (non-hydrogen) atoms. The number of carbonyl (C=O) groups excluding carboxylic acids is 1. The third-order valence-electron chi connectivity index (χ3n) is 3.32. The lowest BCUT2D eigenvalue weighted by atomic mass is 10.1. The van der Waals surface area contributed by atoms with Crippen molar-refractivity contribution in [1.29, 1.82) is 0 Å². The summed E-state index contributed by atoms with van der Waals surface area (Å²) in [4.78, 5) is 16.2. The minimum Gasteiger partial charge on any atom is -0.431 e. The van der Waals surface area contributed by atoms with Crippen LogP contribution in [-0.2, 0) is 6.54 Å². The van der Waals surface area contributed by atoms with Crippen molar-refractivity contribution in [3.63, 3.8) is 0 Å². The molecule has 3 rings (SSSR count). The molecule has 0 aliphatic carbocycles. The Labute approximate surface area is 128 Å². The first kappa shape index (κ1) is 14.1. The first-order valence-corrected chi connectivity index (χ1v) is 7.07. The fourth-order valence-electron chi connectivity index (χ4n) is 2.07. The van der Waals surface area contributed by atoms with E-state index in [1.165, 1.54) is 11.8 Å². The molecule has 1 aromatic heterocycles. The molecule has 0 atom stereocenters. The van der Waals surface area contributed by atoms with E-state index in [4.69, 9.17) is 4.42 Å². The third kappa shape index (κ3) is 3.23. The molecule has 0 aliphatic heterocycles. The summed E-state index contributed by atoms with van der Waals surface area (Å²) in [7, 11) is 0. The van der Waals surface area contributed by atoms with Crippen LogP contribution in [0.1, 0.15) is 21.7 Å². The molecule has 0 saturated heterocycles. The summed E-state index contributed by atoms with van der Waals surface area (Å²) in [6, 6.07) is 17.5. The van der Waals surface area contributed by atoms with Crippen LogP contribution in [0.4, 0.5) is 0 Å². The highest BCUT2D eigenvalue weighted by Crippen LogP contribution is 2.18. The average molecular weight is 292 g/mol. The molecular weight excluding hydrogens is 276 g/mol. The highest BCUT2D eigenvalue weighted by Gasteiger charge is 2.13. The van der Waals surface area contributed by atoms with Crippen molar-refractivity contribution in [3.8, 4) is 11.5 Å². The second-order valence-corrected chi connectivity index (χ2v) is 5.06. The van der Waals surface area contributed by atoms with E-state index >= 15 is 0 Å². The fraction of sp³-hybridized carbons (Fsp3) is 0.111. The van der Waals surface area contributed by atoms with E-state index in [0.717, 1.165) is 11.1 Å². The van der Waals surface area contributed by atoms with Crippen LogP contribution >= 0.6 is 0 Å². The van der Waals surface area contributed by atoms with Crippen LogP contribution in [0, 0.1) is 6.92 Å². The van der Waals surface area contributed by atoms with E-state index in [2.05, 4.69) is 10.3 Å². The van der Waals surface area contributed by atoms with E-state index in [-0.39, 0.29) is 11.7 Å². The maximum absolute atomic E-state index is 12.1. The Hall–Kier alpha value is -2.88. The lowest BCUT2D eigenvalue weighted by Crippen LogP contribution is -2.22. The zero-order valence-electron chi connectivity index (χ0n) is 12.2. The van der Waals surface area contributed by atoms with Crippen molar-refractivity contribution in [2.24, 2.45) is 0 Å². The molecule has 0 saturated carbocycles. The van der Waals surface area contributed by atoms with Crippen molar-refractivity contribution < 1.29 is 9.21 Å². The van der Waals surface area contributed by atoms with E-state index in [1.807, 2.05) is 61.5 Å². The summed E-state index contributed by atoms with van der Waals surface area (Å²) < 4.78 is 5.52. The summed E-state index contributed by atoms with van der Waals surface area (Å²) in [6.07, 6.45) is 1.45. The van der Waals surface area contributed by atoms with Gasteiger partial charge in [-0.3, -0.25) is 4.79 Å². The van der Waals surface area contributed by atoms with E-state index in [1.54, 1.807) is 0 Å². The van der Waals surface area contributed by atoms with Gasteiger partial charge in [-0.1, -0.05) is 48.0 Å². The van der Waals surface area contributed by atoms with Crippen molar-refractivity contribution >= 4 is 5.91 Å². The molecule has 0 fully saturated rings. The fourth-order valence-corrected chi connectivity index (χ4v) is 2.07. The number of amides is 1. The van der Waals surface area contributed by atoms with Gasteiger partial charge in [0.25, 0.3) is 5.91 Å². The van der Waals surface area contributed by atoms with Gasteiger partial charge < -0.3 is 9.73 Å². The van der Waals surface area contributed by atoms with Crippen LogP contribution in [0.2, 0.25) is 0 Å². The maximum Gasteiger partial charge on any atom is 0.288 e. The Morgan fingerprint density at radius 3 is 2.55 bits per heavy atom. The van der Waals surface area contributed by atoms with Gasteiger partial charge in [0.1, 0.15) is 0 Å². The second-order valence-electron chi connectivity index (χ2n) is 5.06. The topological polar surface area (TPSA) is 55.1 Å². The van der Waals surface area contributed by atoms with Crippen molar-refractivity contribution in [2.75, 3.05) is 0 Å². The zero-order chi connectivity index (χ0) is 15.4. The predicted octanol–water partition coefficient (Wildman–Crippen LogP) is 3.58. The number of aromatic nitrogens is 1. The molecular formula is C18H16N2O2. The van der Waals surface area contributed by atoms with Gasteiger partial charge in [0.15, 0.2) is 0 Å². The number of nitrogens with zero attached hydrogens (tertiary/aromatic N) is 1. The number of nitrogens with one attached hydrogen (secondary N) is 1. The normalized spacial score (nSPS) is 10.4. The summed E-state index contributed by atoms with van der Waals surface area (Å²) in [6.45, 7) is 2.49. The lowest BCUT2D eigenvalue weighted by molar-refractivity contribution is 0.0924. The maximum atomic E-state index is 12.1. The largest absolute Gasteiger partial charge is 0.431 e. The number of hydrogen-bond donors (Lipinski definition) is 1. The van der Waals surface area contributed by atoms with Gasteiger partial charge in [-0.05, 0) is 24.6 Å². The summed E-state index contributed by atoms with van der Waals surface area (Å²) in [5.41, 5.74) is 3.08. The molecule has 2 aromatic carbocycles. The van der Waals surface area contributed by atoms with Crippen molar-refractivity contribution in [1.82, 2.24) is 10.3 Å². The molecule has 0 spiro atoms. The van der Waals surface area contributed by atoms with Gasteiger partial charge in [0, 0.05) is 12.1 Å². The van der Waals surface area contributed by atoms with Crippen LogP contribution in [-0.4, -0.2) is 10.9 Å². The quantitative estimate of drug-likeness (QED) is 0.799. The Morgan fingerprint density at radius 2 is 1.82 bits per heavy atom. The van der Waals surface area contributed by atoms with Gasteiger partial charge >= 0.3 is 0 Å². The first-order chi connectivity index (χ1) is 10.7. The predicted molar refractivity (Wildman–Crippen MR) is 84.3 cm³/mol. The molecule has 4 nitrogen and oxygen atoms in total. The van der Waals surface area contributed by atoms with Crippen LogP contribution in [0.5, 0.6) is 0 Å². The smallest absolute Gasteiger partial charge is 0.288 e. The van der Waals surface area contributed by atoms with E-state index in [9.17, 15) is 4.79 Å². The molecule has 3 aromatic rings. The number of carbonyl (C=O) groups is 1. The van der Waals surface area contributed by atoms with Crippen molar-refractivity contribution in [2.45, 2.75) is 13.5 Å². The van der Waals surface area contributed by atoms with Gasteiger partial charge in [0.05, 0.1) is 6.20 Å². The summed E-state index contributed by atoms with van der Waals surface area (Å²) in [5.74, 6) is 0.391. The average Bonchev–Trinajstić information content (AvgIpc) is 3.05. The number of oxazole rings is 1. The summed E-state index contributed by atoms with van der Waals surface area (Å²) in [5, 5.41) is 2.83. The van der Waals surface area contributed by atoms with Crippen LogP contribution in [0.3, 0.4) is 0 Å². The SMILES string of the molecule is Cc1ccc(CNC(=O)c2cnc(-c3ccccc3)o2)cc1. The molecule has 0 aliphatic rings. The Bertz CT molecular complexity index is 761. The number of hydrogen-bond acceptors (Lipinski definition) is 3. The number of rotatable bonds is 4. The third-order valence-corrected chi connectivity index (χ3v) is 3.32. The van der Waals surface area contributed by atoms with E-state index < -0.39 is 0 Å².